The first-order valence-electron chi connectivity index (χ1n) is 10.0. The van der Waals surface area contributed by atoms with Gasteiger partial charge in [-0.25, -0.2) is 14.6 Å². The Bertz CT molecular complexity index is 859. The van der Waals surface area contributed by atoms with E-state index in [2.05, 4.69) is 14.9 Å². The Labute approximate surface area is 164 Å². The summed E-state index contributed by atoms with van der Waals surface area (Å²) in [7, 11) is 0. The van der Waals surface area contributed by atoms with Crippen molar-refractivity contribution in [1.82, 2.24) is 19.8 Å². The molecule has 0 spiro atoms. The molecule has 7 nitrogen and oxygen atoms in total. The monoisotopic (exact) mass is 382 g/mol. The number of carbonyl (C=O) groups is 2. The van der Waals surface area contributed by atoms with Crippen molar-refractivity contribution in [2.45, 2.75) is 51.1 Å². The molecule has 7 heteroatoms. The van der Waals surface area contributed by atoms with Crippen molar-refractivity contribution >= 4 is 12.0 Å². The summed E-state index contributed by atoms with van der Waals surface area (Å²) >= 11 is 0. The molecule has 0 saturated carbocycles. The topological polar surface area (TPSA) is 87.5 Å². The Morgan fingerprint density at radius 3 is 2.75 bits per heavy atom. The fraction of sp³-hybridized carbons (Fsp3) is 0.476. The summed E-state index contributed by atoms with van der Waals surface area (Å²) in [6.45, 7) is 2.88. The van der Waals surface area contributed by atoms with Crippen LogP contribution in [0.5, 0.6) is 0 Å². The number of likely N-dealkylation sites (tertiary alicyclic amines) is 1. The van der Waals surface area contributed by atoms with E-state index in [4.69, 9.17) is 5.11 Å². The molecule has 148 valence electrons. The highest BCUT2D eigenvalue weighted by atomic mass is 16.4. The van der Waals surface area contributed by atoms with Crippen LogP contribution in [0.15, 0.2) is 30.5 Å². The smallest absolute Gasteiger partial charge is 0.335 e. The number of hydrogen-bond acceptors (Lipinski definition) is 3. The zero-order valence-electron chi connectivity index (χ0n) is 15.9. The number of aromatic nitrogens is 2. The average molecular weight is 382 g/mol. The van der Waals surface area contributed by atoms with Gasteiger partial charge >= 0.3 is 12.0 Å². The molecular formula is C21H26N4O3. The number of piperidine rings is 1. The predicted octanol–water partition coefficient (Wildman–Crippen LogP) is 3.01. The fourth-order valence-corrected chi connectivity index (χ4v) is 4.21. The third-order valence-electron chi connectivity index (χ3n) is 5.75. The van der Waals surface area contributed by atoms with Gasteiger partial charge in [0.1, 0.15) is 5.82 Å². The second-order valence-corrected chi connectivity index (χ2v) is 7.66. The van der Waals surface area contributed by atoms with Crippen LogP contribution in [0.25, 0.3) is 0 Å². The summed E-state index contributed by atoms with van der Waals surface area (Å²) in [5, 5.41) is 11.9. The molecule has 2 aliphatic rings. The number of fused-ring (bicyclic) bond motifs is 1. The number of carboxylic acid groups (broad SMARTS) is 1. The molecule has 2 aliphatic heterocycles. The third-order valence-corrected chi connectivity index (χ3v) is 5.75. The summed E-state index contributed by atoms with van der Waals surface area (Å²) in [5.41, 5.74) is 2.46. The number of urea groups is 1. The third kappa shape index (κ3) is 3.88. The molecule has 3 heterocycles. The molecule has 0 aliphatic carbocycles. The highest BCUT2D eigenvalue weighted by molar-refractivity contribution is 5.87. The van der Waals surface area contributed by atoms with E-state index in [0.29, 0.717) is 19.0 Å². The van der Waals surface area contributed by atoms with E-state index >= 15 is 0 Å². The molecular weight excluding hydrogens is 356 g/mol. The van der Waals surface area contributed by atoms with Crippen molar-refractivity contribution in [3.63, 3.8) is 0 Å². The highest BCUT2D eigenvalue weighted by Gasteiger charge is 2.28. The van der Waals surface area contributed by atoms with Crippen LogP contribution in [0, 0.1) is 0 Å². The molecule has 4 rings (SSSR count). The Morgan fingerprint density at radius 2 is 1.96 bits per heavy atom. The van der Waals surface area contributed by atoms with Gasteiger partial charge in [0.2, 0.25) is 0 Å². The van der Waals surface area contributed by atoms with Crippen LogP contribution < -0.4 is 5.32 Å². The van der Waals surface area contributed by atoms with Gasteiger partial charge in [0.25, 0.3) is 0 Å². The number of carbonyl (C=O) groups excluding carboxylic acids is 1. The van der Waals surface area contributed by atoms with Crippen LogP contribution in [0.1, 0.15) is 59.0 Å². The van der Waals surface area contributed by atoms with E-state index in [9.17, 15) is 9.59 Å². The Kier molecular flexibility index (Phi) is 5.32. The van der Waals surface area contributed by atoms with Gasteiger partial charge in [0, 0.05) is 44.0 Å². The first-order valence-corrected chi connectivity index (χ1v) is 10.0. The fourth-order valence-electron chi connectivity index (χ4n) is 4.21. The van der Waals surface area contributed by atoms with Gasteiger partial charge < -0.3 is 19.9 Å². The summed E-state index contributed by atoms with van der Waals surface area (Å²) in [4.78, 5) is 30.1. The van der Waals surface area contributed by atoms with Crippen LogP contribution in [0.3, 0.4) is 0 Å². The minimum Gasteiger partial charge on any atom is -0.478 e. The van der Waals surface area contributed by atoms with Crippen LogP contribution in [0.2, 0.25) is 0 Å². The minimum absolute atomic E-state index is 0.0718. The molecule has 2 N–H and O–H groups in total. The number of aromatic carboxylic acids is 1. The highest BCUT2D eigenvalue weighted by Crippen LogP contribution is 2.29. The minimum atomic E-state index is -0.948. The van der Waals surface area contributed by atoms with E-state index in [1.54, 1.807) is 24.3 Å². The molecule has 28 heavy (non-hydrogen) atoms. The largest absolute Gasteiger partial charge is 0.478 e. The van der Waals surface area contributed by atoms with E-state index in [0.717, 1.165) is 43.7 Å². The number of imidazole rings is 1. The second-order valence-electron chi connectivity index (χ2n) is 7.66. The molecule has 2 amide bonds. The lowest BCUT2D eigenvalue weighted by Gasteiger charge is -2.33. The lowest BCUT2D eigenvalue weighted by molar-refractivity contribution is 0.0697. The van der Waals surface area contributed by atoms with Crippen molar-refractivity contribution in [3.05, 3.63) is 53.1 Å². The number of nitrogens with zero attached hydrogens (tertiary/aromatic N) is 3. The van der Waals surface area contributed by atoms with E-state index in [1.165, 1.54) is 18.5 Å². The standard InChI is InChI=1S/C21H26N4O3/c26-20(27)16-8-6-15(7-9-16)12-23-21(28)24-10-3-4-17(14-24)19-22-13-18-5-1-2-11-25(18)19/h6-9,13,17H,1-5,10-12,14H2,(H,23,28)(H,26,27). The summed E-state index contributed by atoms with van der Waals surface area (Å²) < 4.78 is 2.36. The summed E-state index contributed by atoms with van der Waals surface area (Å²) in [5.74, 6) is 0.480. The second kappa shape index (κ2) is 8.04. The Balaban J connectivity index is 1.35. The number of aryl methyl sites for hydroxylation is 1. The maximum absolute atomic E-state index is 12.6. The van der Waals surface area contributed by atoms with Crippen molar-refractivity contribution in [1.29, 1.82) is 0 Å². The molecule has 1 unspecified atom stereocenters. The van der Waals surface area contributed by atoms with E-state index < -0.39 is 5.97 Å². The maximum Gasteiger partial charge on any atom is 0.335 e. The Morgan fingerprint density at radius 1 is 1.14 bits per heavy atom. The van der Waals surface area contributed by atoms with Gasteiger partial charge in [-0.05, 0) is 49.8 Å². The molecule has 1 atom stereocenters. The van der Waals surface area contributed by atoms with Crippen LogP contribution in [-0.4, -0.2) is 44.6 Å². The Hall–Kier alpha value is -2.83. The van der Waals surface area contributed by atoms with Crippen LogP contribution in [0.4, 0.5) is 4.79 Å². The van der Waals surface area contributed by atoms with E-state index in [1.807, 2.05) is 11.1 Å². The molecule has 1 fully saturated rings. The van der Waals surface area contributed by atoms with Gasteiger partial charge in [-0.1, -0.05) is 12.1 Å². The van der Waals surface area contributed by atoms with Gasteiger partial charge in [-0.2, -0.15) is 0 Å². The van der Waals surface area contributed by atoms with Crippen LogP contribution in [-0.2, 0) is 19.5 Å². The average Bonchev–Trinajstić information content (AvgIpc) is 3.16. The number of benzene rings is 1. The zero-order valence-corrected chi connectivity index (χ0v) is 15.9. The number of nitrogens with one attached hydrogen (secondary N) is 1. The predicted molar refractivity (Wildman–Crippen MR) is 104 cm³/mol. The zero-order chi connectivity index (χ0) is 19.5. The van der Waals surface area contributed by atoms with Crippen LogP contribution >= 0.6 is 0 Å². The maximum atomic E-state index is 12.6. The first-order chi connectivity index (χ1) is 13.6. The molecule has 1 aromatic carbocycles. The van der Waals surface area contributed by atoms with E-state index in [-0.39, 0.29) is 11.6 Å². The number of hydrogen-bond donors (Lipinski definition) is 2. The van der Waals surface area contributed by atoms with Gasteiger partial charge in [-0.15, -0.1) is 0 Å². The molecule has 0 radical (unpaired) electrons. The lowest BCUT2D eigenvalue weighted by atomic mass is 9.97. The number of rotatable bonds is 4. The van der Waals surface area contributed by atoms with Crippen molar-refractivity contribution < 1.29 is 14.7 Å². The quantitative estimate of drug-likeness (QED) is 0.851. The lowest BCUT2D eigenvalue weighted by Crippen LogP contribution is -2.45. The van der Waals surface area contributed by atoms with Gasteiger partial charge in [0.15, 0.2) is 0 Å². The number of carboxylic acids is 1. The molecule has 0 bridgehead atoms. The normalized spacial score (nSPS) is 19.1. The van der Waals surface area contributed by atoms with Gasteiger partial charge in [-0.3, -0.25) is 0 Å². The molecule has 2 aromatic rings. The summed E-state index contributed by atoms with van der Waals surface area (Å²) in [6.07, 6.45) is 7.59. The van der Waals surface area contributed by atoms with Crippen molar-refractivity contribution in [2.75, 3.05) is 13.1 Å². The molecule has 1 saturated heterocycles. The number of amides is 2. The summed E-state index contributed by atoms with van der Waals surface area (Å²) in [6, 6.07) is 6.51. The van der Waals surface area contributed by atoms with Crippen molar-refractivity contribution in [2.24, 2.45) is 0 Å². The van der Waals surface area contributed by atoms with Crippen molar-refractivity contribution in [3.8, 4) is 0 Å². The molecule has 1 aromatic heterocycles. The first kappa shape index (κ1) is 18.5. The SMILES string of the molecule is O=C(O)c1ccc(CNC(=O)N2CCCC(c3ncc4n3CCCC4)C2)cc1. The van der Waals surface area contributed by atoms with Gasteiger partial charge in [0.05, 0.1) is 5.56 Å².